The summed E-state index contributed by atoms with van der Waals surface area (Å²) in [6, 6.07) is 20.8. The molecule has 0 fully saturated rings. The fourth-order valence-electron chi connectivity index (χ4n) is 3.30. The zero-order chi connectivity index (χ0) is 20.1. The van der Waals surface area contributed by atoms with Gasteiger partial charge in [-0.1, -0.05) is 29.4 Å². The molecule has 1 unspecified atom stereocenters. The number of rotatable bonds is 7. The second kappa shape index (κ2) is 8.48. The average molecular weight is 387 g/mol. The number of anilines is 1. The van der Waals surface area contributed by atoms with E-state index in [-0.39, 0.29) is 18.4 Å². The third kappa shape index (κ3) is 4.38. The third-order valence-electron chi connectivity index (χ3n) is 4.71. The van der Waals surface area contributed by atoms with Gasteiger partial charge in [0.05, 0.1) is 25.8 Å². The third-order valence-corrected chi connectivity index (χ3v) is 4.71. The molecule has 0 saturated carbocycles. The molecule has 2 aromatic carbocycles. The fraction of sp³-hybridized carbons (Fsp3) is 0.130. The second-order valence-corrected chi connectivity index (χ2v) is 6.63. The first-order chi connectivity index (χ1) is 14.2. The molecule has 6 nitrogen and oxygen atoms in total. The van der Waals surface area contributed by atoms with Crippen molar-refractivity contribution in [3.63, 3.8) is 0 Å². The highest BCUT2D eigenvalue weighted by Crippen LogP contribution is 2.27. The van der Waals surface area contributed by atoms with Crippen LogP contribution in [0.1, 0.15) is 18.0 Å². The average Bonchev–Trinajstić information content (AvgIpc) is 3.46. The molecule has 0 saturated heterocycles. The first kappa shape index (κ1) is 18.6. The number of methoxy groups -OCH3 is 1. The van der Waals surface area contributed by atoms with Gasteiger partial charge in [0.1, 0.15) is 5.75 Å². The molecule has 1 N–H and O–H groups in total. The smallest absolute Gasteiger partial charge is 0.226 e. The van der Waals surface area contributed by atoms with Gasteiger partial charge in [-0.2, -0.15) is 0 Å². The molecule has 1 atom stereocenters. The van der Waals surface area contributed by atoms with Crippen LogP contribution in [0.4, 0.5) is 5.69 Å². The van der Waals surface area contributed by atoms with E-state index in [9.17, 15) is 4.79 Å². The highest BCUT2D eigenvalue weighted by Gasteiger charge is 2.18. The summed E-state index contributed by atoms with van der Waals surface area (Å²) in [4.78, 5) is 12.9. The SMILES string of the molecule is COc1cccc(C(CC(=O)Nc2cccc(-c3ccno3)c2)n2cccc2)c1. The van der Waals surface area contributed by atoms with Crippen LogP contribution in [0, 0.1) is 0 Å². The molecule has 0 aliphatic rings. The summed E-state index contributed by atoms with van der Waals surface area (Å²) < 4.78 is 12.6. The van der Waals surface area contributed by atoms with Crippen molar-refractivity contribution in [3.05, 3.63) is 90.9 Å². The monoisotopic (exact) mass is 387 g/mol. The van der Waals surface area contributed by atoms with Gasteiger partial charge in [0, 0.05) is 29.7 Å². The Bertz CT molecular complexity index is 1070. The quantitative estimate of drug-likeness (QED) is 0.496. The van der Waals surface area contributed by atoms with Gasteiger partial charge in [-0.3, -0.25) is 4.79 Å². The van der Waals surface area contributed by atoms with Gasteiger partial charge in [0.15, 0.2) is 5.76 Å². The molecule has 2 aromatic heterocycles. The number of amides is 1. The largest absolute Gasteiger partial charge is 0.497 e. The second-order valence-electron chi connectivity index (χ2n) is 6.63. The number of benzene rings is 2. The van der Waals surface area contributed by atoms with Gasteiger partial charge in [-0.15, -0.1) is 0 Å². The fourth-order valence-corrected chi connectivity index (χ4v) is 3.30. The van der Waals surface area contributed by atoms with Crippen molar-refractivity contribution in [3.8, 4) is 17.1 Å². The van der Waals surface area contributed by atoms with E-state index in [1.807, 2.05) is 77.6 Å². The zero-order valence-corrected chi connectivity index (χ0v) is 16.0. The summed E-state index contributed by atoms with van der Waals surface area (Å²) in [6.45, 7) is 0. The van der Waals surface area contributed by atoms with E-state index in [1.165, 1.54) is 0 Å². The van der Waals surface area contributed by atoms with Crippen molar-refractivity contribution in [1.29, 1.82) is 0 Å². The highest BCUT2D eigenvalue weighted by atomic mass is 16.5. The van der Waals surface area contributed by atoms with Gasteiger partial charge in [-0.25, -0.2) is 0 Å². The Morgan fingerprint density at radius 3 is 2.69 bits per heavy atom. The number of nitrogens with zero attached hydrogens (tertiary/aromatic N) is 2. The molecule has 0 bridgehead atoms. The predicted octanol–water partition coefficient (Wildman–Crippen LogP) is 4.77. The van der Waals surface area contributed by atoms with E-state index < -0.39 is 0 Å². The summed E-state index contributed by atoms with van der Waals surface area (Å²) in [5, 5.41) is 6.72. The van der Waals surface area contributed by atoms with Crippen LogP contribution in [-0.4, -0.2) is 22.7 Å². The first-order valence-corrected chi connectivity index (χ1v) is 9.30. The number of nitrogens with one attached hydrogen (secondary N) is 1. The van der Waals surface area contributed by atoms with E-state index in [1.54, 1.807) is 19.4 Å². The maximum absolute atomic E-state index is 12.9. The van der Waals surface area contributed by atoms with Gasteiger partial charge in [0.2, 0.25) is 5.91 Å². The summed E-state index contributed by atoms with van der Waals surface area (Å²) in [5.74, 6) is 1.34. The lowest BCUT2D eigenvalue weighted by atomic mass is 10.0. The standard InChI is InChI=1S/C23H21N3O3/c1-28-20-9-5-6-17(15-20)21(26-12-2-3-13-26)16-23(27)25-19-8-4-7-18(14-19)22-10-11-24-29-22/h2-15,21H,16H2,1H3,(H,25,27). The van der Waals surface area contributed by atoms with Crippen molar-refractivity contribution < 1.29 is 14.1 Å². The molecule has 0 radical (unpaired) electrons. The van der Waals surface area contributed by atoms with Crippen molar-refractivity contribution >= 4 is 11.6 Å². The Hall–Kier alpha value is -3.80. The summed E-state index contributed by atoms with van der Waals surface area (Å²) in [5.41, 5.74) is 2.57. The van der Waals surface area contributed by atoms with Crippen LogP contribution in [0.15, 0.2) is 89.8 Å². The van der Waals surface area contributed by atoms with Crippen molar-refractivity contribution in [2.45, 2.75) is 12.5 Å². The van der Waals surface area contributed by atoms with E-state index in [0.29, 0.717) is 11.4 Å². The molecular formula is C23H21N3O3. The lowest BCUT2D eigenvalue weighted by molar-refractivity contribution is -0.116. The number of hydrogen-bond acceptors (Lipinski definition) is 4. The Morgan fingerprint density at radius 2 is 1.93 bits per heavy atom. The lowest BCUT2D eigenvalue weighted by Gasteiger charge is -2.20. The topological polar surface area (TPSA) is 69.3 Å². The van der Waals surface area contributed by atoms with Crippen LogP contribution in [0.5, 0.6) is 5.75 Å². The van der Waals surface area contributed by atoms with E-state index >= 15 is 0 Å². The molecular weight excluding hydrogens is 366 g/mol. The molecule has 0 aliphatic heterocycles. The zero-order valence-electron chi connectivity index (χ0n) is 16.0. The molecule has 29 heavy (non-hydrogen) atoms. The minimum absolute atomic E-state index is 0.0822. The Kier molecular flexibility index (Phi) is 5.42. The van der Waals surface area contributed by atoms with E-state index in [4.69, 9.17) is 9.26 Å². The maximum atomic E-state index is 12.9. The molecule has 1 amide bonds. The molecule has 4 aromatic rings. The lowest BCUT2D eigenvalue weighted by Crippen LogP contribution is -2.19. The van der Waals surface area contributed by atoms with Crippen LogP contribution in [0.2, 0.25) is 0 Å². The number of ether oxygens (including phenoxy) is 1. The normalized spacial score (nSPS) is 11.8. The minimum Gasteiger partial charge on any atom is -0.497 e. The molecule has 6 heteroatoms. The van der Waals surface area contributed by atoms with E-state index in [0.717, 1.165) is 16.9 Å². The Morgan fingerprint density at radius 1 is 1.10 bits per heavy atom. The van der Waals surface area contributed by atoms with Crippen molar-refractivity contribution in [2.24, 2.45) is 0 Å². The molecule has 2 heterocycles. The number of aromatic nitrogens is 2. The van der Waals surface area contributed by atoms with Crippen LogP contribution < -0.4 is 10.1 Å². The summed E-state index contributed by atoms with van der Waals surface area (Å²) in [7, 11) is 1.64. The number of carbonyl (C=O) groups is 1. The summed E-state index contributed by atoms with van der Waals surface area (Å²) in [6.07, 6.45) is 5.80. The highest BCUT2D eigenvalue weighted by molar-refractivity contribution is 5.91. The van der Waals surface area contributed by atoms with Crippen LogP contribution >= 0.6 is 0 Å². The van der Waals surface area contributed by atoms with Gasteiger partial charge < -0.3 is 19.1 Å². The summed E-state index contributed by atoms with van der Waals surface area (Å²) >= 11 is 0. The molecule has 0 aliphatic carbocycles. The van der Waals surface area contributed by atoms with Crippen LogP contribution in [-0.2, 0) is 4.79 Å². The number of hydrogen-bond donors (Lipinski definition) is 1. The Labute approximate surface area is 168 Å². The molecule has 4 rings (SSSR count). The predicted molar refractivity (Wildman–Crippen MR) is 111 cm³/mol. The molecule has 0 spiro atoms. The van der Waals surface area contributed by atoms with Crippen molar-refractivity contribution in [1.82, 2.24) is 9.72 Å². The molecule has 146 valence electrons. The maximum Gasteiger partial charge on any atom is 0.226 e. The van der Waals surface area contributed by atoms with Crippen molar-refractivity contribution in [2.75, 3.05) is 12.4 Å². The van der Waals surface area contributed by atoms with Gasteiger partial charge in [0.25, 0.3) is 0 Å². The van der Waals surface area contributed by atoms with E-state index in [2.05, 4.69) is 10.5 Å². The van der Waals surface area contributed by atoms with Gasteiger partial charge >= 0.3 is 0 Å². The van der Waals surface area contributed by atoms with Crippen LogP contribution in [0.25, 0.3) is 11.3 Å². The van der Waals surface area contributed by atoms with Gasteiger partial charge in [-0.05, 0) is 42.0 Å². The number of carbonyl (C=O) groups excluding carboxylic acids is 1. The van der Waals surface area contributed by atoms with Crippen LogP contribution in [0.3, 0.4) is 0 Å². The first-order valence-electron chi connectivity index (χ1n) is 9.30. The minimum atomic E-state index is -0.141. The Balaban J connectivity index is 1.54.